The van der Waals surface area contributed by atoms with E-state index >= 15 is 0 Å². The van der Waals surface area contributed by atoms with Crippen molar-refractivity contribution in [2.45, 2.75) is 13.2 Å². The fourth-order valence-corrected chi connectivity index (χ4v) is 5.86. The molecule has 9 nitrogen and oxygen atoms in total. The summed E-state index contributed by atoms with van der Waals surface area (Å²) in [7, 11) is -2.46. The quantitative estimate of drug-likeness (QED) is 0.117. The second kappa shape index (κ2) is 13.9. The highest BCUT2D eigenvalue weighted by Gasteiger charge is 2.12. The first-order chi connectivity index (χ1) is 21.9. The Morgan fingerprint density at radius 1 is 0.956 bits per heavy atom. The van der Waals surface area contributed by atoms with Gasteiger partial charge in [0.1, 0.15) is 40.2 Å². The molecule has 226 valence electrons. The lowest BCUT2D eigenvalue weighted by molar-refractivity contribution is 0.159. The maximum absolute atomic E-state index is 13.5. The molecular formula is C32H23ClFN5O4S2. The smallest absolute Gasteiger partial charge is 0.221 e. The molecule has 0 saturated heterocycles. The van der Waals surface area contributed by atoms with Crippen LogP contribution in [0.15, 0.2) is 96.8 Å². The molecule has 0 spiro atoms. The van der Waals surface area contributed by atoms with E-state index in [0.29, 0.717) is 38.5 Å². The van der Waals surface area contributed by atoms with Crippen LogP contribution >= 0.6 is 22.9 Å². The van der Waals surface area contributed by atoms with Crippen LogP contribution in [-0.2, 0) is 28.2 Å². The normalized spacial score (nSPS) is 11.0. The van der Waals surface area contributed by atoms with Gasteiger partial charge in [0.2, 0.25) is 10.3 Å². The Bertz CT molecular complexity index is 2120. The summed E-state index contributed by atoms with van der Waals surface area (Å²) in [6.07, 6.45) is 3.01. The highest BCUT2D eigenvalue weighted by molar-refractivity contribution is 7.73. The predicted octanol–water partition coefficient (Wildman–Crippen LogP) is 6.88. The summed E-state index contributed by atoms with van der Waals surface area (Å²) >= 11 is 7.91. The molecule has 0 bridgehead atoms. The van der Waals surface area contributed by atoms with Crippen molar-refractivity contribution in [3.05, 3.63) is 124 Å². The minimum atomic E-state index is -2.46. The number of pyridine rings is 1. The van der Waals surface area contributed by atoms with Gasteiger partial charge in [-0.2, -0.15) is 8.42 Å². The second-order valence-corrected chi connectivity index (χ2v) is 11.9. The van der Waals surface area contributed by atoms with Crippen molar-refractivity contribution in [1.29, 1.82) is 0 Å². The highest BCUT2D eigenvalue weighted by Crippen LogP contribution is 2.32. The molecule has 0 saturated carbocycles. The summed E-state index contributed by atoms with van der Waals surface area (Å²) in [6, 6.07) is 22.3. The number of nitrogens with zero attached hydrogens (tertiary/aromatic N) is 4. The van der Waals surface area contributed by atoms with Gasteiger partial charge < -0.3 is 14.8 Å². The zero-order chi connectivity index (χ0) is 31.2. The molecule has 13 heteroatoms. The van der Waals surface area contributed by atoms with Crippen molar-refractivity contribution in [1.82, 2.24) is 19.9 Å². The first-order valence-corrected chi connectivity index (χ1v) is 15.8. The molecule has 3 aromatic heterocycles. The zero-order valence-electron chi connectivity index (χ0n) is 23.4. The SMILES string of the molecule is O=S(=O)=C(COCc1nc(-c2ccc3ncnc(Nc4ccc(OCc5cccc(F)c5)c(Cl)c4)c3c2)cs1)c1ccccn1. The molecule has 0 aliphatic heterocycles. The largest absolute Gasteiger partial charge is 0.487 e. The third-order valence-electron chi connectivity index (χ3n) is 6.57. The molecule has 0 atom stereocenters. The first kappa shape index (κ1) is 30.3. The average Bonchev–Trinajstić information content (AvgIpc) is 3.52. The molecule has 3 aromatic carbocycles. The molecular weight excluding hydrogens is 637 g/mol. The first-order valence-electron chi connectivity index (χ1n) is 13.5. The van der Waals surface area contributed by atoms with Crippen LogP contribution in [0.4, 0.5) is 15.9 Å². The van der Waals surface area contributed by atoms with Crippen LogP contribution in [0.3, 0.4) is 0 Å². The van der Waals surface area contributed by atoms with Gasteiger partial charge in [0.15, 0.2) is 0 Å². The molecule has 0 radical (unpaired) electrons. The van der Waals surface area contributed by atoms with Crippen LogP contribution in [0, 0.1) is 5.82 Å². The fourth-order valence-electron chi connectivity index (χ4n) is 4.41. The minimum absolute atomic E-state index is 0.0780. The van der Waals surface area contributed by atoms with Gasteiger partial charge in [-0.05, 0) is 60.2 Å². The van der Waals surface area contributed by atoms with Crippen LogP contribution in [0.25, 0.3) is 22.2 Å². The molecule has 1 N–H and O–H groups in total. The number of nitrogens with one attached hydrogen (secondary N) is 1. The second-order valence-electron chi connectivity index (χ2n) is 9.64. The van der Waals surface area contributed by atoms with E-state index in [-0.39, 0.29) is 30.5 Å². The summed E-state index contributed by atoms with van der Waals surface area (Å²) in [5.41, 5.74) is 4.06. The van der Waals surface area contributed by atoms with E-state index in [0.717, 1.165) is 22.2 Å². The number of benzene rings is 3. The van der Waals surface area contributed by atoms with Crippen molar-refractivity contribution in [2.24, 2.45) is 0 Å². The highest BCUT2D eigenvalue weighted by atomic mass is 35.5. The number of aromatic nitrogens is 4. The minimum Gasteiger partial charge on any atom is -0.487 e. The van der Waals surface area contributed by atoms with Crippen molar-refractivity contribution >= 4 is 60.5 Å². The van der Waals surface area contributed by atoms with Crippen molar-refractivity contribution in [2.75, 3.05) is 11.9 Å². The monoisotopic (exact) mass is 659 g/mol. The third kappa shape index (κ3) is 7.49. The van der Waals surface area contributed by atoms with E-state index in [1.54, 1.807) is 42.5 Å². The van der Waals surface area contributed by atoms with Crippen molar-refractivity contribution in [3.8, 4) is 17.0 Å². The Kier molecular flexibility index (Phi) is 9.36. The summed E-state index contributed by atoms with van der Waals surface area (Å²) in [4.78, 5) is 17.7. The standard InChI is InChI=1S/C32H23ClFN5O4S2/c33-25-14-23(8-10-29(25)43-15-20-4-3-5-22(34)12-20)38-32-24-13-21(7-9-26(24)36-19-37-32)28-18-44-31(39-28)17-42-16-30(45(40)41)27-6-1-2-11-35-27/h1-14,18-19H,15-17H2,(H,36,37,38). The lowest BCUT2D eigenvalue weighted by Crippen LogP contribution is -2.13. The average molecular weight is 660 g/mol. The lowest BCUT2D eigenvalue weighted by atomic mass is 10.1. The van der Waals surface area contributed by atoms with Crippen molar-refractivity contribution in [3.63, 3.8) is 0 Å². The molecule has 6 aromatic rings. The summed E-state index contributed by atoms with van der Waals surface area (Å²) in [6.45, 7) is 0.207. The summed E-state index contributed by atoms with van der Waals surface area (Å²) in [5, 5.41) is 7.07. The topological polar surface area (TPSA) is 116 Å². The van der Waals surface area contributed by atoms with Gasteiger partial charge in [0.05, 0.1) is 35.1 Å². The van der Waals surface area contributed by atoms with Gasteiger partial charge in [-0.1, -0.05) is 35.9 Å². The number of hydrogen-bond acceptors (Lipinski definition) is 10. The van der Waals surface area contributed by atoms with E-state index in [1.165, 1.54) is 36.0 Å². The van der Waals surface area contributed by atoms with E-state index < -0.39 is 10.3 Å². The maximum atomic E-state index is 13.5. The Labute approximate surface area is 267 Å². The van der Waals surface area contributed by atoms with Gasteiger partial charge >= 0.3 is 0 Å². The predicted molar refractivity (Wildman–Crippen MR) is 173 cm³/mol. The van der Waals surface area contributed by atoms with E-state index in [2.05, 4.69) is 25.3 Å². The van der Waals surface area contributed by atoms with Crippen LogP contribution in [0.2, 0.25) is 5.02 Å². The van der Waals surface area contributed by atoms with Gasteiger partial charge in [0.25, 0.3) is 0 Å². The van der Waals surface area contributed by atoms with Gasteiger partial charge in [0, 0.05) is 28.2 Å². The van der Waals surface area contributed by atoms with E-state index in [4.69, 9.17) is 21.1 Å². The Balaban J connectivity index is 1.14. The Morgan fingerprint density at radius 3 is 2.67 bits per heavy atom. The molecule has 0 fully saturated rings. The zero-order valence-corrected chi connectivity index (χ0v) is 25.7. The number of fused-ring (bicyclic) bond motifs is 1. The maximum Gasteiger partial charge on any atom is 0.221 e. The Hall–Kier alpha value is -4.75. The molecule has 45 heavy (non-hydrogen) atoms. The number of halogens is 2. The van der Waals surface area contributed by atoms with Crippen LogP contribution < -0.4 is 10.1 Å². The van der Waals surface area contributed by atoms with Crippen LogP contribution in [0.5, 0.6) is 5.75 Å². The molecule has 0 unspecified atom stereocenters. The molecule has 3 heterocycles. The van der Waals surface area contributed by atoms with Crippen LogP contribution in [0.1, 0.15) is 16.3 Å². The number of ether oxygens (including phenoxy) is 2. The number of thiazole rings is 1. The molecule has 6 rings (SSSR count). The van der Waals surface area contributed by atoms with E-state index in [9.17, 15) is 12.8 Å². The number of hydrogen-bond donors (Lipinski definition) is 1. The number of anilines is 2. The fraction of sp³-hybridized carbons (Fsp3) is 0.0938. The third-order valence-corrected chi connectivity index (χ3v) is 8.42. The molecule has 0 amide bonds. The van der Waals surface area contributed by atoms with Gasteiger partial charge in [-0.15, -0.1) is 11.3 Å². The lowest BCUT2D eigenvalue weighted by Gasteiger charge is -2.12. The van der Waals surface area contributed by atoms with E-state index in [1.807, 2.05) is 29.6 Å². The van der Waals surface area contributed by atoms with Gasteiger partial charge in [-0.3, -0.25) is 4.98 Å². The number of rotatable bonds is 11. The summed E-state index contributed by atoms with van der Waals surface area (Å²) in [5.74, 6) is 0.720. The van der Waals surface area contributed by atoms with Gasteiger partial charge in [-0.25, -0.2) is 19.3 Å². The van der Waals surface area contributed by atoms with Crippen LogP contribution in [-0.4, -0.2) is 39.8 Å². The Morgan fingerprint density at radius 2 is 1.87 bits per heavy atom. The van der Waals surface area contributed by atoms with Crippen molar-refractivity contribution < 1.29 is 22.3 Å². The molecule has 0 aliphatic rings. The molecule has 0 aliphatic carbocycles. The summed E-state index contributed by atoms with van der Waals surface area (Å²) < 4.78 is 48.3.